The molecule has 1 N–H and O–H groups in total. The van der Waals surface area contributed by atoms with Gasteiger partial charge in [0, 0.05) is 12.1 Å². The predicted molar refractivity (Wildman–Crippen MR) is 34.2 cm³/mol. The van der Waals surface area contributed by atoms with Crippen LogP contribution in [-0.2, 0) is 0 Å². The highest BCUT2D eigenvalue weighted by Crippen LogP contribution is 2.02. The number of ether oxygens (including phenoxy) is 1. The topological polar surface area (TPSA) is 126 Å². The van der Waals surface area contributed by atoms with Crippen molar-refractivity contribution in [2.45, 2.75) is 0 Å². The second-order valence-corrected chi connectivity index (χ2v) is 2.79. The quantitative estimate of drug-likeness (QED) is 0.386. The molecule has 0 radical (unpaired) electrons. The minimum Gasteiger partial charge on any atom is -0.619 e. The van der Waals surface area contributed by atoms with Gasteiger partial charge in [0.05, 0.1) is 22.0 Å². The zero-order valence-corrected chi connectivity index (χ0v) is 7.88. The van der Waals surface area contributed by atoms with Crippen LogP contribution in [0.4, 0.5) is 0 Å². The molecule has 1 aromatic heterocycles. The van der Waals surface area contributed by atoms with Gasteiger partial charge in [-0.25, -0.2) is 0 Å². The van der Waals surface area contributed by atoms with Crippen molar-refractivity contribution in [1.29, 1.82) is 0 Å². The Bertz CT molecular complexity index is 252. The van der Waals surface area contributed by atoms with E-state index in [1.165, 1.54) is 12.4 Å². The van der Waals surface area contributed by atoms with E-state index in [9.17, 15) is 5.21 Å². The molecule has 0 bridgehead atoms. The van der Waals surface area contributed by atoms with Crippen molar-refractivity contribution in [2.24, 2.45) is 0 Å². The first-order valence-corrected chi connectivity index (χ1v) is 4.45. The summed E-state index contributed by atoms with van der Waals surface area (Å²) in [6.07, 6.45) is 2.78. The van der Waals surface area contributed by atoms with Gasteiger partial charge < -0.3 is 9.94 Å². The molecule has 0 fully saturated rings. The van der Waals surface area contributed by atoms with Crippen molar-refractivity contribution >= 4 is 0 Å². The molecule has 0 aromatic carbocycles. The normalized spacial score (nSPS) is 10.1. The van der Waals surface area contributed by atoms with E-state index >= 15 is 0 Å². The number of pyridine rings is 1. The molecule has 0 spiro atoms. The summed E-state index contributed by atoms with van der Waals surface area (Å²) in [5.41, 5.74) is 0. The lowest BCUT2D eigenvalue weighted by Crippen LogP contribution is -2.58. The van der Waals surface area contributed by atoms with Crippen LogP contribution in [0.5, 0.6) is 5.75 Å². The van der Waals surface area contributed by atoms with Crippen molar-refractivity contribution in [3.8, 4) is 5.75 Å². The summed E-state index contributed by atoms with van der Waals surface area (Å²) in [4.78, 5) is 0. The van der Waals surface area contributed by atoms with Crippen molar-refractivity contribution in [3.63, 3.8) is 0 Å². The molecule has 0 saturated carbocycles. The standard InChI is InChI=1S/C6H7NO2.ClHO4/c1-9-6-2-4-7(8)5-3-6;2-1(3,4)5/h2-5H,1H3;(H,2,3,4,5). The molecule has 7 nitrogen and oxygen atoms in total. The maximum atomic E-state index is 10.4. The van der Waals surface area contributed by atoms with Crippen LogP contribution in [0.2, 0.25) is 0 Å². The lowest BCUT2D eigenvalue weighted by molar-refractivity contribution is -1.92. The molecule has 14 heavy (non-hydrogen) atoms. The van der Waals surface area contributed by atoms with Crippen LogP contribution in [0.25, 0.3) is 0 Å². The largest absolute Gasteiger partial charge is 0.619 e. The Morgan fingerprint density at radius 3 is 1.93 bits per heavy atom. The average molecular weight is 226 g/mol. The SMILES string of the molecule is COc1cc[n+]([O-])cc1.[O-][Cl+3]([O-])([O-])O. The van der Waals surface area contributed by atoms with Crippen LogP contribution in [-0.4, -0.2) is 11.8 Å². The number of methoxy groups -OCH3 is 1. The van der Waals surface area contributed by atoms with E-state index in [1.807, 2.05) is 0 Å². The van der Waals surface area contributed by atoms with Gasteiger partial charge >= 0.3 is 0 Å². The smallest absolute Gasteiger partial charge is 0.184 e. The van der Waals surface area contributed by atoms with E-state index in [0.29, 0.717) is 10.5 Å². The highest BCUT2D eigenvalue weighted by Gasteiger charge is 1.98. The molecule has 0 aliphatic rings. The summed E-state index contributed by atoms with van der Waals surface area (Å²) in [6, 6.07) is 3.21. The number of aromatic nitrogens is 1. The van der Waals surface area contributed by atoms with Gasteiger partial charge in [-0.2, -0.15) is 18.7 Å². The number of halogens is 1. The molecule has 1 aromatic rings. The molecular formula is C6H8ClNO6. The van der Waals surface area contributed by atoms with E-state index in [1.54, 1.807) is 19.2 Å². The highest BCUT2D eigenvalue weighted by molar-refractivity contribution is 5.14. The zero-order chi connectivity index (χ0) is 11.2. The van der Waals surface area contributed by atoms with Crippen molar-refractivity contribution < 1.29 is 38.3 Å². The fourth-order valence-corrected chi connectivity index (χ4v) is 0.535. The summed E-state index contributed by atoms with van der Waals surface area (Å²) < 4.78 is 38.2. The maximum absolute atomic E-state index is 10.4. The Morgan fingerprint density at radius 1 is 1.29 bits per heavy atom. The predicted octanol–water partition coefficient (Wildman–Crippen LogP) is -3.80. The third kappa shape index (κ3) is 8.97. The third-order valence-corrected chi connectivity index (χ3v) is 1.01. The number of hydrogen-bond acceptors (Lipinski definition) is 6. The maximum Gasteiger partial charge on any atom is 0.184 e. The van der Waals surface area contributed by atoms with E-state index in [4.69, 9.17) is 23.4 Å². The first-order valence-electron chi connectivity index (χ1n) is 3.19. The lowest BCUT2D eigenvalue weighted by atomic mass is 10.5. The van der Waals surface area contributed by atoms with Crippen LogP contribution in [0.15, 0.2) is 24.5 Å². The second kappa shape index (κ2) is 5.58. The molecule has 0 aliphatic heterocycles. The van der Waals surface area contributed by atoms with Gasteiger partial charge in [-0.1, -0.05) is 0 Å². The monoisotopic (exact) mass is 225 g/mol. The zero-order valence-electron chi connectivity index (χ0n) is 7.12. The molecule has 0 saturated heterocycles. The van der Waals surface area contributed by atoms with Gasteiger partial charge in [0.1, 0.15) is 5.75 Å². The van der Waals surface area contributed by atoms with E-state index in [2.05, 4.69) is 0 Å². The Labute approximate surface area is 81.7 Å². The molecule has 0 aliphatic carbocycles. The summed E-state index contributed by atoms with van der Waals surface area (Å²) in [6.45, 7) is 0. The van der Waals surface area contributed by atoms with Gasteiger partial charge in [0.2, 0.25) is 0 Å². The fourth-order valence-electron chi connectivity index (χ4n) is 0.535. The molecule has 0 atom stereocenters. The first-order chi connectivity index (χ1) is 6.33. The minimum absolute atomic E-state index is 0.696. The second-order valence-electron chi connectivity index (χ2n) is 1.99. The Morgan fingerprint density at radius 2 is 1.64 bits per heavy atom. The van der Waals surface area contributed by atoms with Crippen LogP contribution >= 0.6 is 0 Å². The van der Waals surface area contributed by atoms with Crippen LogP contribution in [0.3, 0.4) is 0 Å². The van der Waals surface area contributed by atoms with E-state index in [-0.39, 0.29) is 0 Å². The highest BCUT2D eigenvalue weighted by atomic mass is 35.7. The lowest BCUT2D eigenvalue weighted by Gasteiger charge is -2.03. The van der Waals surface area contributed by atoms with Gasteiger partial charge in [-0.05, 0) is 0 Å². The van der Waals surface area contributed by atoms with Gasteiger partial charge in [-0.3, -0.25) is 0 Å². The molecule has 1 rings (SSSR count). The summed E-state index contributed by atoms with van der Waals surface area (Å²) >= 11 is 0. The average Bonchev–Trinajstić information content (AvgIpc) is 2.03. The van der Waals surface area contributed by atoms with Crippen LogP contribution in [0, 0.1) is 15.5 Å². The number of hydrogen-bond donors (Lipinski definition) is 1. The Hall–Kier alpha value is -1.12. The Balaban J connectivity index is 0.000000292. The number of rotatable bonds is 1. The summed E-state index contributed by atoms with van der Waals surface area (Å²) in [5.74, 6) is 0.696. The summed E-state index contributed by atoms with van der Waals surface area (Å²) in [5, 5.41) is 10.4. The van der Waals surface area contributed by atoms with Gasteiger partial charge in [0.25, 0.3) is 0 Å². The Kier molecular flexibility index (Phi) is 5.13. The van der Waals surface area contributed by atoms with Crippen molar-refractivity contribution in [2.75, 3.05) is 7.11 Å². The van der Waals surface area contributed by atoms with Gasteiger partial charge in [-0.15, -0.1) is 0 Å². The van der Waals surface area contributed by atoms with Crippen molar-refractivity contribution in [1.82, 2.24) is 0 Å². The van der Waals surface area contributed by atoms with Crippen LogP contribution < -0.4 is 23.4 Å². The fraction of sp³-hybridized carbons (Fsp3) is 0.167. The molecular weight excluding hydrogens is 218 g/mol. The van der Waals surface area contributed by atoms with E-state index in [0.717, 1.165) is 0 Å². The van der Waals surface area contributed by atoms with Gasteiger partial charge in [0.15, 0.2) is 12.4 Å². The van der Waals surface area contributed by atoms with Crippen LogP contribution in [0.1, 0.15) is 0 Å². The van der Waals surface area contributed by atoms with Crippen molar-refractivity contribution in [3.05, 3.63) is 29.7 Å². The summed E-state index contributed by atoms with van der Waals surface area (Å²) in [7, 11) is -3.13. The first kappa shape index (κ1) is 12.9. The van der Waals surface area contributed by atoms with E-state index < -0.39 is 10.2 Å². The molecule has 0 amide bonds. The molecule has 1 heterocycles. The molecule has 80 valence electrons. The molecule has 0 unspecified atom stereocenters. The number of nitrogens with zero attached hydrogens (tertiary/aromatic N) is 1. The molecule has 8 heteroatoms. The third-order valence-electron chi connectivity index (χ3n) is 1.01. The minimum atomic E-state index is -4.69.